The summed E-state index contributed by atoms with van der Waals surface area (Å²) in [6.45, 7) is 5.18. The van der Waals surface area contributed by atoms with E-state index in [9.17, 15) is 4.79 Å². The molecule has 4 heteroatoms. The van der Waals surface area contributed by atoms with E-state index in [2.05, 4.69) is 58.3 Å². The molecule has 2 aromatic rings. The Morgan fingerprint density at radius 1 is 0.931 bits per heavy atom. The van der Waals surface area contributed by atoms with E-state index in [1.54, 1.807) is 0 Å². The third-order valence-corrected chi connectivity index (χ3v) is 7.21. The van der Waals surface area contributed by atoms with Crippen molar-refractivity contribution in [1.29, 1.82) is 0 Å². The molecule has 0 bridgehead atoms. The van der Waals surface area contributed by atoms with Gasteiger partial charge in [0.15, 0.2) is 0 Å². The summed E-state index contributed by atoms with van der Waals surface area (Å²) in [6.07, 6.45) is 3.77. The van der Waals surface area contributed by atoms with Gasteiger partial charge in [0.25, 0.3) is 0 Å². The maximum Gasteiger partial charge on any atom is 0.233 e. The fourth-order valence-corrected chi connectivity index (χ4v) is 5.46. The Morgan fingerprint density at radius 2 is 1.66 bits per heavy atom. The molecule has 2 fully saturated rings. The van der Waals surface area contributed by atoms with E-state index in [0.717, 1.165) is 57.4 Å². The highest BCUT2D eigenvalue weighted by atomic mass is 16.5. The summed E-state index contributed by atoms with van der Waals surface area (Å²) >= 11 is 0. The summed E-state index contributed by atoms with van der Waals surface area (Å²) in [5, 5.41) is 0. The summed E-state index contributed by atoms with van der Waals surface area (Å²) in [7, 11) is 0. The molecule has 1 atom stereocenters. The Hall–Kier alpha value is -2.17. The van der Waals surface area contributed by atoms with E-state index in [4.69, 9.17) is 4.74 Å². The zero-order valence-electron chi connectivity index (χ0n) is 17.1. The normalized spacial score (nSPS) is 24.3. The quantitative estimate of drug-likeness (QED) is 0.805. The van der Waals surface area contributed by atoms with Crippen LogP contribution in [0.1, 0.15) is 36.0 Å². The molecule has 2 saturated heterocycles. The lowest BCUT2D eigenvalue weighted by Gasteiger charge is -2.39. The molecule has 0 saturated carbocycles. The predicted molar refractivity (Wildman–Crippen MR) is 114 cm³/mol. The molecular weight excluding hydrogens is 360 g/mol. The van der Waals surface area contributed by atoms with Crippen LogP contribution in [0.4, 0.5) is 0 Å². The first-order valence-electron chi connectivity index (χ1n) is 11.0. The minimum absolute atomic E-state index is 0.312. The number of benzene rings is 2. The SMILES string of the molecule is O=C(N1CC[C@H](N2CCc3ccccc3C2)C1)C1(c2ccccc2)CCOCC1. The lowest BCUT2D eigenvalue weighted by atomic mass is 9.73. The molecule has 0 aromatic heterocycles. The fraction of sp³-hybridized carbons (Fsp3) is 0.480. The van der Waals surface area contributed by atoms with Crippen molar-refractivity contribution in [2.24, 2.45) is 0 Å². The zero-order valence-corrected chi connectivity index (χ0v) is 17.1. The van der Waals surface area contributed by atoms with Gasteiger partial charge in [-0.15, -0.1) is 0 Å². The Bertz CT molecular complexity index is 860. The molecule has 3 heterocycles. The number of likely N-dealkylation sites (tertiary alicyclic amines) is 1. The van der Waals surface area contributed by atoms with Gasteiger partial charge in [0, 0.05) is 45.4 Å². The number of carbonyl (C=O) groups excluding carboxylic acids is 1. The number of nitrogens with zero attached hydrogens (tertiary/aromatic N) is 2. The van der Waals surface area contributed by atoms with Crippen LogP contribution in [0.5, 0.6) is 0 Å². The van der Waals surface area contributed by atoms with Crippen molar-refractivity contribution < 1.29 is 9.53 Å². The minimum atomic E-state index is -0.414. The monoisotopic (exact) mass is 390 g/mol. The largest absolute Gasteiger partial charge is 0.381 e. The number of fused-ring (bicyclic) bond motifs is 1. The van der Waals surface area contributed by atoms with E-state index in [-0.39, 0.29) is 0 Å². The first kappa shape index (κ1) is 18.8. The molecule has 4 nitrogen and oxygen atoms in total. The maximum atomic E-state index is 13.8. The first-order chi connectivity index (χ1) is 14.3. The van der Waals surface area contributed by atoms with E-state index < -0.39 is 5.41 Å². The molecule has 0 spiro atoms. The molecule has 29 heavy (non-hydrogen) atoms. The Balaban J connectivity index is 1.32. The fourth-order valence-electron chi connectivity index (χ4n) is 5.46. The highest BCUT2D eigenvalue weighted by Gasteiger charge is 2.46. The van der Waals surface area contributed by atoms with Crippen molar-refractivity contribution >= 4 is 5.91 Å². The smallest absolute Gasteiger partial charge is 0.233 e. The van der Waals surface area contributed by atoms with Gasteiger partial charge in [0.1, 0.15) is 0 Å². The molecule has 152 valence electrons. The van der Waals surface area contributed by atoms with Crippen molar-refractivity contribution in [3.63, 3.8) is 0 Å². The van der Waals surface area contributed by atoms with Gasteiger partial charge in [-0.1, -0.05) is 54.6 Å². The van der Waals surface area contributed by atoms with Crippen LogP contribution in [0.3, 0.4) is 0 Å². The van der Waals surface area contributed by atoms with E-state index >= 15 is 0 Å². The lowest BCUT2D eigenvalue weighted by Crippen LogP contribution is -2.50. The molecule has 3 aliphatic heterocycles. The maximum absolute atomic E-state index is 13.8. The van der Waals surface area contributed by atoms with Crippen LogP contribution in [0, 0.1) is 0 Å². The van der Waals surface area contributed by atoms with E-state index in [0.29, 0.717) is 25.2 Å². The third kappa shape index (κ3) is 3.49. The Morgan fingerprint density at radius 3 is 2.45 bits per heavy atom. The van der Waals surface area contributed by atoms with Crippen LogP contribution in [0.25, 0.3) is 0 Å². The van der Waals surface area contributed by atoms with Crippen LogP contribution in [-0.4, -0.2) is 54.6 Å². The van der Waals surface area contributed by atoms with Gasteiger partial charge < -0.3 is 9.64 Å². The minimum Gasteiger partial charge on any atom is -0.381 e. The molecule has 0 radical (unpaired) electrons. The average molecular weight is 391 g/mol. The average Bonchev–Trinajstić information content (AvgIpc) is 3.29. The van der Waals surface area contributed by atoms with Crippen LogP contribution >= 0.6 is 0 Å². The van der Waals surface area contributed by atoms with Gasteiger partial charge in [0.2, 0.25) is 5.91 Å². The van der Waals surface area contributed by atoms with Gasteiger partial charge in [-0.05, 0) is 42.4 Å². The molecule has 3 aliphatic rings. The predicted octanol–water partition coefficient (Wildman–Crippen LogP) is 3.39. The summed E-state index contributed by atoms with van der Waals surface area (Å²) in [5.41, 5.74) is 3.68. The molecule has 0 unspecified atom stereocenters. The van der Waals surface area contributed by atoms with Gasteiger partial charge in [-0.3, -0.25) is 9.69 Å². The third-order valence-electron chi connectivity index (χ3n) is 7.21. The van der Waals surface area contributed by atoms with Crippen molar-refractivity contribution in [3.8, 4) is 0 Å². The number of rotatable bonds is 3. The van der Waals surface area contributed by atoms with Crippen LogP contribution in [-0.2, 0) is 27.9 Å². The number of amides is 1. The second-order valence-corrected chi connectivity index (χ2v) is 8.74. The van der Waals surface area contributed by atoms with E-state index in [1.807, 2.05) is 6.07 Å². The molecule has 1 amide bonds. The van der Waals surface area contributed by atoms with Gasteiger partial charge >= 0.3 is 0 Å². The lowest BCUT2D eigenvalue weighted by molar-refractivity contribution is -0.140. The van der Waals surface area contributed by atoms with Crippen molar-refractivity contribution in [3.05, 3.63) is 71.3 Å². The molecule has 0 aliphatic carbocycles. The Kier molecular flexibility index (Phi) is 5.15. The molecule has 0 N–H and O–H groups in total. The number of carbonyl (C=O) groups is 1. The molecule has 5 rings (SSSR count). The van der Waals surface area contributed by atoms with Gasteiger partial charge in [0.05, 0.1) is 5.41 Å². The standard InChI is InChI=1S/C25H30N2O2/c28-24(25(12-16-29-17-13-25)22-8-2-1-3-9-22)27-15-11-23(19-27)26-14-10-20-6-4-5-7-21(20)18-26/h1-9,23H,10-19H2/t23-/m0/s1. The summed E-state index contributed by atoms with van der Waals surface area (Å²) in [5.74, 6) is 0.312. The second kappa shape index (κ2) is 7.92. The summed E-state index contributed by atoms with van der Waals surface area (Å²) in [6, 6.07) is 19.6. The van der Waals surface area contributed by atoms with Crippen molar-refractivity contribution in [1.82, 2.24) is 9.80 Å². The second-order valence-electron chi connectivity index (χ2n) is 8.74. The van der Waals surface area contributed by atoms with Crippen LogP contribution in [0.15, 0.2) is 54.6 Å². The van der Waals surface area contributed by atoms with E-state index in [1.165, 1.54) is 11.1 Å². The first-order valence-corrected chi connectivity index (χ1v) is 11.0. The molecular formula is C25H30N2O2. The van der Waals surface area contributed by atoms with Crippen molar-refractivity contribution in [2.75, 3.05) is 32.8 Å². The summed E-state index contributed by atoms with van der Waals surface area (Å²) < 4.78 is 5.63. The Labute approximate surface area is 173 Å². The molecule has 2 aromatic carbocycles. The number of hydrogen-bond donors (Lipinski definition) is 0. The van der Waals surface area contributed by atoms with Gasteiger partial charge in [-0.25, -0.2) is 0 Å². The topological polar surface area (TPSA) is 32.8 Å². The van der Waals surface area contributed by atoms with Crippen LogP contribution in [0.2, 0.25) is 0 Å². The highest BCUT2D eigenvalue weighted by Crippen LogP contribution is 2.38. The summed E-state index contributed by atoms with van der Waals surface area (Å²) in [4.78, 5) is 18.5. The van der Waals surface area contributed by atoms with Crippen molar-refractivity contribution in [2.45, 2.75) is 43.7 Å². The zero-order chi connectivity index (χ0) is 19.7. The van der Waals surface area contributed by atoms with Gasteiger partial charge in [-0.2, -0.15) is 0 Å². The van der Waals surface area contributed by atoms with Crippen LogP contribution < -0.4 is 0 Å². The number of hydrogen-bond acceptors (Lipinski definition) is 3. The number of ether oxygens (including phenoxy) is 1. The highest BCUT2D eigenvalue weighted by molar-refractivity contribution is 5.88.